The van der Waals surface area contributed by atoms with Gasteiger partial charge < -0.3 is 15.1 Å². The van der Waals surface area contributed by atoms with Crippen molar-refractivity contribution in [3.05, 3.63) is 29.3 Å². The number of carbonyl (C=O) groups excluding carboxylic acids is 1. The fourth-order valence-corrected chi connectivity index (χ4v) is 3.19. The van der Waals surface area contributed by atoms with Crippen molar-refractivity contribution in [3.63, 3.8) is 0 Å². The Morgan fingerprint density at radius 1 is 1.30 bits per heavy atom. The summed E-state index contributed by atoms with van der Waals surface area (Å²) in [4.78, 5) is 16.8. The van der Waals surface area contributed by atoms with Crippen molar-refractivity contribution in [1.82, 2.24) is 9.80 Å². The zero-order valence-electron chi connectivity index (χ0n) is 12.4. The third-order valence-corrected chi connectivity index (χ3v) is 4.55. The molecule has 1 aromatic rings. The lowest BCUT2D eigenvalue weighted by molar-refractivity contribution is 0.0663. The summed E-state index contributed by atoms with van der Waals surface area (Å²) < 4.78 is 0. The predicted molar refractivity (Wildman–Crippen MR) is 81.2 cm³/mol. The number of fused-ring (bicyclic) bond motifs is 1. The lowest BCUT2D eigenvalue weighted by Gasteiger charge is -2.35. The number of nitrogens with zero attached hydrogens (tertiary/aromatic N) is 2. The Hall–Kier alpha value is -1.55. The summed E-state index contributed by atoms with van der Waals surface area (Å²) in [5.41, 5.74) is 3.29. The monoisotopic (exact) mass is 273 g/mol. The first-order chi connectivity index (χ1) is 9.65. The van der Waals surface area contributed by atoms with Crippen LogP contribution in [-0.2, 0) is 6.42 Å². The zero-order valence-corrected chi connectivity index (χ0v) is 12.4. The molecule has 0 aromatic heterocycles. The molecule has 2 heterocycles. The second-order valence-corrected chi connectivity index (χ2v) is 6.04. The van der Waals surface area contributed by atoms with Gasteiger partial charge in [-0.1, -0.05) is 6.07 Å². The van der Waals surface area contributed by atoms with Crippen LogP contribution >= 0.6 is 0 Å². The quantitative estimate of drug-likeness (QED) is 0.893. The lowest BCUT2D eigenvalue weighted by atomic mass is 10.0. The van der Waals surface area contributed by atoms with Gasteiger partial charge in [0, 0.05) is 36.9 Å². The second-order valence-electron chi connectivity index (χ2n) is 6.04. The molecule has 0 radical (unpaired) electrons. The van der Waals surface area contributed by atoms with Crippen molar-refractivity contribution in [1.29, 1.82) is 0 Å². The Kier molecular flexibility index (Phi) is 3.66. The van der Waals surface area contributed by atoms with E-state index in [9.17, 15) is 4.79 Å². The molecule has 3 rings (SSSR count). The van der Waals surface area contributed by atoms with Gasteiger partial charge in [0.15, 0.2) is 0 Å². The third kappa shape index (κ3) is 2.52. The van der Waals surface area contributed by atoms with Gasteiger partial charge in [-0.05, 0) is 51.1 Å². The largest absolute Gasteiger partial charge is 0.384 e. The van der Waals surface area contributed by atoms with Crippen molar-refractivity contribution < 1.29 is 4.79 Å². The second kappa shape index (κ2) is 5.44. The molecular weight excluding hydrogens is 250 g/mol. The number of hydrogen-bond acceptors (Lipinski definition) is 3. The van der Waals surface area contributed by atoms with Crippen molar-refractivity contribution in [3.8, 4) is 0 Å². The summed E-state index contributed by atoms with van der Waals surface area (Å²) in [7, 11) is 4.24. The first kappa shape index (κ1) is 13.4. The molecule has 0 aliphatic carbocycles. The number of hydrogen-bond donors (Lipinski definition) is 1. The minimum Gasteiger partial charge on any atom is -0.384 e. The van der Waals surface area contributed by atoms with Crippen LogP contribution < -0.4 is 5.32 Å². The highest BCUT2D eigenvalue weighted by molar-refractivity contribution is 5.95. The summed E-state index contributed by atoms with van der Waals surface area (Å²) in [6.07, 6.45) is 3.21. The number of benzene rings is 1. The summed E-state index contributed by atoms with van der Waals surface area (Å²) in [5.74, 6) is 0.179. The number of anilines is 1. The van der Waals surface area contributed by atoms with Gasteiger partial charge in [-0.15, -0.1) is 0 Å². The average molecular weight is 273 g/mol. The van der Waals surface area contributed by atoms with Gasteiger partial charge in [0.05, 0.1) is 0 Å². The fraction of sp³-hybridized carbons (Fsp3) is 0.562. The molecule has 2 aliphatic heterocycles. The molecule has 0 atom stereocenters. The maximum absolute atomic E-state index is 12.6. The van der Waals surface area contributed by atoms with E-state index in [1.165, 1.54) is 5.56 Å². The van der Waals surface area contributed by atoms with Crippen LogP contribution in [-0.4, -0.2) is 55.5 Å². The van der Waals surface area contributed by atoms with E-state index >= 15 is 0 Å². The summed E-state index contributed by atoms with van der Waals surface area (Å²) in [6.45, 7) is 2.72. The highest BCUT2D eigenvalue weighted by Crippen LogP contribution is 2.24. The first-order valence-electron chi connectivity index (χ1n) is 7.47. The zero-order chi connectivity index (χ0) is 14.1. The molecule has 4 heteroatoms. The van der Waals surface area contributed by atoms with E-state index in [1.54, 1.807) is 0 Å². The maximum atomic E-state index is 12.6. The van der Waals surface area contributed by atoms with Gasteiger partial charge in [-0.25, -0.2) is 0 Å². The van der Waals surface area contributed by atoms with Crippen molar-refractivity contribution in [2.75, 3.05) is 39.0 Å². The summed E-state index contributed by atoms with van der Waals surface area (Å²) in [5, 5.41) is 3.34. The molecule has 108 valence electrons. The van der Waals surface area contributed by atoms with Crippen molar-refractivity contribution in [2.24, 2.45) is 0 Å². The molecule has 0 saturated carbocycles. The standard InChI is InChI=1S/C16H23N3O/c1-18(2)14-6-9-19(10-7-14)16(20)13-4-3-12-5-8-17-15(12)11-13/h3-4,11,14,17H,5-10H2,1-2H3. The van der Waals surface area contributed by atoms with Crippen LogP contribution in [0.25, 0.3) is 0 Å². The molecule has 1 fully saturated rings. The number of amides is 1. The maximum Gasteiger partial charge on any atom is 0.253 e. The minimum atomic E-state index is 0.179. The SMILES string of the molecule is CN(C)C1CCN(C(=O)c2ccc3c(c2)NCC3)CC1. The van der Waals surface area contributed by atoms with Crippen LogP contribution in [0.3, 0.4) is 0 Å². The molecule has 1 amide bonds. The molecule has 0 unspecified atom stereocenters. The van der Waals surface area contributed by atoms with E-state index in [2.05, 4.69) is 30.4 Å². The molecule has 20 heavy (non-hydrogen) atoms. The normalized spacial score (nSPS) is 19.1. The summed E-state index contributed by atoms with van der Waals surface area (Å²) in [6, 6.07) is 6.70. The van der Waals surface area contributed by atoms with Gasteiger partial charge >= 0.3 is 0 Å². The molecule has 0 spiro atoms. The van der Waals surface area contributed by atoms with Crippen molar-refractivity contribution in [2.45, 2.75) is 25.3 Å². The Labute approximate surface area is 120 Å². The molecule has 4 nitrogen and oxygen atoms in total. The Morgan fingerprint density at radius 2 is 2.05 bits per heavy atom. The lowest BCUT2D eigenvalue weighted by Crippen LogP contribution is -2.44. The Morgan fingerprint density at radius 3 is 2.75 bits per heavy atom. The Bertz CT molecular complexity index is 504. The molecule has 1 aromatic carbocycles. The van der Waals surface area contributed by atoms with Crippen LogP contribution in [0.15, 0.2) is 18.2 Å². The molecule has 2 aliphatic rings. The average Bonchev–Trinajstić information content (AvgIpc) is 2.94. The minimum absolute atomic E-state index is 0.179. The van der Waals surface area contributed by atoms with E-state index in [0.717, 1.165) is 50.1 Å². The topological polar surface area (TPSA) is 35.6 Å². The molecule has 1 N–H and O–H groups in total. The van der Waals surface area contributed by atoms with Crippen LogP contribution in [0.1, 0.15) is 28.8 Å². The molecular formula is C16H23N3O. The number of nitrogens with one attached hydrogen (secondary N) is 1. The number of piperidine rings is 1. The number of likely N-dealkylation sites (tertiary alicyclic amines) is 1. The van der Waals surface area contributed by atoms with Crippen molar-refractivity contribution >= 4 is 11.6 Å². The number of carbonyl (C=O) groups is 1. The van der Waals surface area contributed by atoms with Gasteiger partial charge in [-0.3, -0.25) is 4.79 Å². The Balaban J connectivity index is 1.68. The third-order valence-electron chi connectivity index (χ3n) is 4.55. The highest BCUT2D eigenvalue weighted by Gasteiger charge is 2.25. The first-order valence-corrected chi connectivity index (χ1v) is 7.47. The van der Waals surface area contributed by atoms with E-state index < -0.39 is 0 Å². The van der Waals surface area contributed by atoms with Gasteiger partial charge in [0.1, 0.15) is 0 Å². The number of rotatable bonds is 2. The fourth-order valence-electron chi connectivity index (χ4n) is 3.19. The van der Waals surface area contributed by atoms with Gasteiger partial charge in [0.2, 0.25) is 0 Å². The summed E-state index contributed by atoms with van der Waals surface area (Å²) >= 11 is 0. The van der Waals surface area contributed by atoms with E-state index in [-0.39, 0.29) is 5.91 Å². The molecule has 0 bridgehead atoms. The van der Waals surface area contributed by atoms with Gasteiger partial charge in [-0.2, -0.15) is 0 Å². The van der Waals surface area contributed by atoms with E-state index in [4.69, 9.17) is 0 Å². The smallest absolute Gasteiger partial charge is 0.253 e. The highest BCUT2D eigenvalue weighted by atomic mass is 16.2. The van der Waals surface area contributed by atoms with Crippen LogP contribution in [0.4, 0.5) is 5.69 Å². The predicted octanol–water partition coefficient (Wildman–Crippen LogP) is 1.82. The van der Waals surface area contributed by atoms with E-state index in [0.29, 0.717) is 6.04 Å². The van der Waals surface area contributed by atoms with Gasteiger partial charge in [0.25, 0.3) is 5.91 Å². The molecule has 1 saturated heterocycles. The van der Waals surface area contributed by atoms with Crippen LogP contribution in [0.2, 0.25) is 0 Å². The van der Waals surface area contributed by atoms with Crippen LogP contribution in [0.5, 0.6) is 0 Å². The van der Waals surface area contributed by atoms with E-state index in [1.807, 2.05) is 17.0 Å². The van der Waals surface area contributed by atoms with Crippen LogP contribution in [0, 0.1) is 0 Å².